The van der Waals surface area contributed by atoms with Gasteiger partial charge in [0.05, 0.1) is 32.6 Å². The van der Waals surface area contributed by atoms with Crippen LogP contribution in [0, 0.1) is 27.7 Å². The Morgan fingerprint density at radius 2 is 0.875 bits per heavy atom. The van der Waals surface area contributed by atoms with Crippen molar-refractivity contribution in [1.82, 2.24) is 48.8 Å². The summed E-state index contributed by atoms with van der Waals surface area (Å²) < 4.78 is 55.8. The molecule has 8 rings (SSSR count). The molecule has 0 aliphatic heterocycles. The Morgan fingerprint density at radius 1 is 0.518 bits per heavy atom. The topological polar surface area (TPSA) is 171 Å². The van der Waals surface area contributed by atoms with Crippen LogP contribution in [0.2, 0.25) is 0 Å². The molecule has 0 amide bonds. The SMILES string of the molecule is Cc1nn(C)c(C)c1N(c1nc2c(-c3ccc(S(C)(=O)=O)cc3)cccn2n1)N(c1nc2c(-c3ccc(S(C)(=O)=O)cc3)cccn2n1)c1c(C)nn(C)c1C. The van der Waals surface area contributed by atoms with Crippen LogP contribution in [0.3, 0.4) is 0 Å². The first-order valence-corrected chi connectivity index (χ1v) is 21.2. The molecule has 286 valence electrons. The summed E-state index contributed by atoms with van der Waals surface area (Å²) in [7, 11) is -3.03. The number of sulfone groups is 2. The highest BCUT2D eigenvalue weighted by atomic mass is 32.2. The Morgan fingerprint density at radius 3 is 1.18 bits per heavy atom. The molecule has 0 unspecified atom stereocenters. The average molecular weight is 791 g/mol. The lowest BCUT2D eigenvalue weighted by Gasteiger charge is -2.33. The van der Waals surface area contributed by atoms with Gasteiger partial charge >= 0.3 is 0 Å². The van der Waals surface area contributed by atoms with Gasteiger partial charge in [0, 0.05) is 50.1 Å². The van der Waals surface area contributed by atoms with Gasteiger partial charge in [-0.3, -0.25) is 9.36 Å². The van der Waals surface area contributed by atoms with Crippen LogP contribution < -0.4 is 10.0 Å². The van der Waals surface area contributed by atoms with Crippen molar-refractivity contribution in [3.8, 4) is 22.3 Å². The lowest BCUT2D eigenvalue weighted by atomic mass is 10.1. The molecule has 0 N–H and O–H groups in total. The zero-order valence-electron chi connectivity index (χ0n) is 31.9. The molecule has 6 heterocycles. The molecule has 0 saturated heterocycles. The number of hydrogen-bond acceptors (Lipinski definition) is 12. The van der Waals surface area contributed by atoms with Gasteiger partial charge in [0.25, 0.3) is 11.9 Å². The number of fused-ring (bicyclic) bond motifs is 2. The van der Waals surface area contributed by atoms with Crippen molar-refractivity contribution in [1.29, 1.82) is 0 Å². The van der Waals surface area contributed by atoms with Crippen LogP contribution in [0.1, 0.15) is 22.8 Å². The molecule has 0 aliphatic carbocycles. The predicted molar refractivity (Wildman–Crippen MR) is 213 cm³/mol. The van der Waals surface area contributed by atoms with Crippen LogP contribution in [-0.2, 0) is 33.8 Å². The highest BCUT2D eigenvalue weighted by molar-refractivity contribution is 7.91. The molecule has 2 aromatic carbocycles. The minimum atomic E-state index is -3.39. The van der Waals surface area contributed by atoms with E-state index >= 15 is 0 Å². The summed E-state index contributed by atoms with van der Waals surface area (Å²) in [5.74, 6) is 0.560. The summed E-state index contributed by atoms with van der Waals surface area (Å²) in [4.78, 5) is 10.7. The third-order valence-corrected chi connectivity index (χ3v) is 12.1. The third kappa shape index (κ3) is 6.15. The molecule has 0 spiro atoms. The first-order chi connectivity index (χ1) is 26.5. The monoisotopic (exact) mass is 790 g/mol. The highest BCUT2D eigenvalue weighted by Gasteiger charge is 2.35. The lowest BCUT2D eigenvalue weighted by Crippen LogP contribution is -2.39. The van der Waals surface area contributed by atoms with Crippen molar-refractivity contribution < 1.29 is 16.8 Å². The van der Waals surface area contributed by atoms with E-state index in [1.807, 2.05) is 76.1 Å². The standard InChI is InChI=1S/C38H38N12O4S2/c1-23-33(25(3)45(5)41-23)49(37-39-35-31(11-9-21-47(35)43-37)27-13-17-29(18-14-27)55(7,51)52)50(34-24(2)42-46(6)26(34)4)38-40-36-32(12-10-22-48(36)44-38)28-15-19-30(20-16-28)56(8,53)54/h9-22H,1-8H3. The van der Waals surface area contributed by atoms with E-state index in [1.165, 1.54) is 12.5 Å². The van der Waals surface area contributed by atoms with Crippen LogP contribution in [0.25, 0.3) is 33.5 Å². The third-order valence-electron chi connectivity index (χ3n) is 9.83. The van der Waals surface area contributed by atoms with Crippen molar-refractivity contribution in [3.63, 3.8) is 0 Å². The van der Waals surface area contributed by atoms with Gasteiger partial charge in [-0.2, -0.15) is 20.2 Å². The molecule has 6 aromatic heterocycles. The normalized spacial score (nSPS) is 12.2. The van der Waals surface area contributed by atoms with Crippen LogP contribution >= 0.6 is 0 Å². The second-order valence-electron chi connectivity index (χ2n) is 13.7. The quantitative estimate of drug-likeness (QED) is 0.168. The Bertz CT molecular complexity index is 2850. The van der Waals surface area contributed by atoms with Crippen molar-refractivity contribution in [2.24, 2.45) is 14.1 Å². The maximum Gasteiger partial charge on any atom is 0.269 e. The Hall–Kier alpha value is -6.40. The number of anilines is 4. The minimum absolute atomic E-state index is 0.218. The second kappa shape index (κ2) is 13.1. The lowest BCUT2D eigenvalue weighted by molar-refractivity contribution is 0.600. The fourth-order valence-electron chi connectivity index (χ4n) is 6.90. The molecule has 0 saturated carbocycles. The molecule has 16 nitrogen and oxygen atoms in total. The van der Waals surface area contributed by atoms with Crippen molar-refractivity contribution in [2.45, 2.75) is 37.5 Å². The fraction of sp³-hybridized carbons (Fsp3) is 0.211. The molecular weight excluding hydrogens is 753 g/mol. The van der Waals surface area contributed by atoms with Crippen molar-refractivity contribution in [2.75, 3.05) is 22.5 Å². The molecule has 0 bridgehead atoms. The molecule has 0 atom stereocenters. The summed E-state index contributed by atoms with van der Waals surface area (Å²) in [6, 6.07) is 20.9. The molecule has 18 heteroatoms. The Labute approximate surface area is 323 Å². The average Bonchev–Trinajstić information content (AvgIpc) is 3.90. The first-order valence-electron chi connectivity index (χ1n) is 17.4. The maximum atomic E-state index is 12.2. The van der Waals surface area contributed by atoms with Crippen molar-refractivity contribution in [3.05, 3.63) is 108 Å². The van der Waals surface area contributed by atoms with Crippen LogP contribution in [0.4, 0.5) is 23.3 Å². The first kappa shape index (κ1) is 36.6. The van der Waals surface area contributed by atoms with Gasteiger partial charge in [-0.05, 0) is 87.4 Å². The number of pyridine rings is 2. The number of benzene rings is 2. The molecule has 0 aliphatic rings. The van der Waals surface area contributed by atoms with E-state index in [2.05, 4.69) is 0 Å². The van der Waals surface area contributed by atoms with Gasteiger partial charge in [-0.25, -0.2) is 35.9 Å². The summed E-state index contributed by atoms with van der Waals surface area (Å²) in [5, 5.41) is 23.3. The number of aromatic nitrogens is 10. The Balaban J connectivity index is 1.37. The number of rotatable bonds is 9. The smallest absolute Gasteiger partial charge is 0.269 e. The summed E-state index contributed by atoms with van der Waals surface area (Å²) in [6.07, 6.45) is 5.96. The molecule has 8 aromatic rings. The van der Waals surface area contributed by atoms with E-state index < -0.39 is 19.7 Å². The second-order valence-corrected chi connectivity index (χ2v) is 17.7. The van der Waals surface area contributed by atoms with Gasteiger partial charge in [0.2, 0.25) is 0 Å². The zero-order valence-corrected chi connectivity index (χ0v) is 33.5. The summed E-state index contributed by atoms with van der Waals surface area (Å²) in [6.45, 7) is 7.75. The largest absolute Gasteiger partial charge is 0.270 e. The van der Waals surface area contributed by atoms with Crippen LogP contribution in [-0.4, -0.2) is 78.1 Å². The van der Waals surface area contributed by atoms with E-state index in [0.717, 1.165) is 33.6 Å². The molecule has 56 heavy (non-hydrogen) atoms. The van der Waals surface area contributed by atoms with E-state index in [0.29, 0.717) is 34.1 Å². The van der Waals surface area contributed by atoms with Gasteiger partial charge in [0.15, 0.2) is 31.0 Å². The van der Waals surface area contributed by atoms with Gasteiger partial charge < -0.3 is 0 Å². The van der Waals surface area contributed by atoms with E-state index in [1.54, 1.807) is 79.3 Å². The molecular formula is C38H38N12O4S2. The van der Waals surface area contributed by atoms with Crippen molar-refractivity contribution >= 4 is 54.2 Å². The van der Waals surface area contributed by atoms with Gasteiger partial charge in [-0.15, -0.1) is 10.2 Å². The summed E-state index contributed by atoms with van der Waals surface area (Å²) >= 11 is 0. The van der Waals surface area contributed by atoms with Crippen LogP contribution in [0.5, 0.6) is 0 Å². The Kier molecular flexibility index (Phi) is 8.57. The van der Waals surface area contributed by atoms with E-state index in [9.17, 15) is 16.8 Å². The minimum Gasteiger partial charge on any atom is -0.270 e. The molecule has 0 fully saturated rings. The number of hydrogen-bond donors (Lipinski definition) is 0. The van der Waals surface area contributed by atoms with Crippen LogP contribution in [0.15, 0.2) is 95.0 Å². The van der Waals surface area contributed by atoms with E-state index in [4.69, 9.17) is 30.4 Å². The highest BCUT2D eigenvalue weighted by Crippen LogP contribution is 2.41. The van der Waals surface area contributed by atoms with E-state index in [-0.39, 0.29) is 21.7 Å². The number of aryl methyl sites for hydroxylation is 4. The zero-order chi connectivity index (χ0) is 39.8. The molecule has 0 radical (unpaired) electrons. The summed E-state index contributed by atoms with van der Waals surface area (Å²) in [5.41, 5.74) is 8.47. The number of hydrazine groups is 1. The van der Waals surface area contributed by atoms with Gasteiger partial charge in [-0.1, -0.05) is 24.3 Å². The predicted octanol–water partition coefficient (Wildman–Crippen LogP) is 5.51. The number of nitrogens with zero attached hydrogens (tertiary/aromatic N) is 12. The fourth-order valence-corrected chi connectivity index (χ4v) is 8.16. The maximum absolute atomic E-state index is 12.2. The van der Waals surface area contributed by atoms with Gasteiger partial charge in [0.1, 0.15) is 11.4 Å².